The van der Waals surface area contributed by atoms with Gasteiger partial charge in [0.1, 0.15) is 5.69 Å². The Bertz CT molecular complexity index is 873. The summed E-state index contributed by atoms with van der Waals surface area (Å²) >= 11 is 0. The largest absolute Gasteiger partial charge is 0.366 e. The number of aryl methyl sites for hydroxylation is 2. The van der Waals surface area contributed by atoms with Gasteiger partial charge in [0.25, 0.3) is 5.69 Å². The molecule has 0 aromatic heterocycles. The summed E-state index contributed by atoms with van der Waals surface area (Å²) in [6.45, 7) is 1.29. The Morgan fingerprint density at radius 1 is 1.07 bits per heavy atom. The lowest BCUT2D eigenvalue weighted by Crippen LogP contribution is -2.38. The van der Waals surface area contributed by atoms with Gasteiger partial charge in [-0.05, 0) is 61.4 Å². The van der Waals surface area contributed by atoms with Crippen molar-refractivity contribution in [2.24, 2.45) is 5.92 Å². The second-order valence-corrected chi connectivity index (χ2v) is 7.33. The molecule has 0 saturated carbocycles. The van der Waals surface area contributed by atoms with Crippen LogP contribution in [0.5, 0.6) is 0 Å². The normalized spacial score (nSPS) is 16.8. The van der Waals surface area contributed by atoms with E-state index in [-0.39, 0.29) is 22.4 Å². The van der Waals surface area contributed by atoms with Crippen LogP contribution < -0.4 is 10.2 Å². The summed E-state index contributed by atoms with van der Waals surface area (Å²) in [5.74, 6) is -0.00701. The van der Waals surface area contributed by atoms with Gasteiger partial charge in [-0.1, -0.05) is 18.2 Å². The highest BCUT2D eigenvalue weighted by atomic mass is 16.6. The van der Waals surface area contributed by atoms with Crippen molar-refractivity contribution >= 4 is 23.0 Å². The van der Waals surface area contributed by atoms with Crippen molar-refractivity contribution in [3.05, 3.63) is 63.7 Å². The molecule has 0 atom stereocenters. The number of piperidine rings is 1. The van der Waals surface area contributed by atoms with Gasteiger partial charge in [0.2, 0.25) is 5.91 Å². The summed E-state index contributed by atoms with van der Waals surface area (Å²) in [7, 11) is 0. The van der Waals surface area contributed by atoms with Crippen molar-refractivity contribution in [2.45, 2.75) is 32.1 Å². The molecule has 1 saturated heterocycles. The van der Waals surface area contributed by atoms with Gasteiger partial charge in [-0.3, -0.25) is 14.9 Å². The van der Waals surface area contributed by atoms with Crippen molar-refractivity contribution in [3.63, 3.8) is 0 Å². The first-order valence-electron chi connectivity index (χ1n) is 9.53. The maximum absolute atomic E-state index is 12.6. The van der Waals surface area contributed by atoms with Crippen LogP contribution in [0.3, 0.4) is 0 Å². The summed E-state index contributed by atoms with van der Waals surface area (Å²) in [5.41, 5.74) is 4.38. The van der Waals surface area contributed by atoms with Crippen LogP contribution >= 0.6 is 0 Å². The number of rotatable bonds is 4. The van der Waals surface area contributed by atoms with Crippen molar-refractivity contribution in [1.82, 2.24) is 0 Å². The summed E-state index contributed by atoms with van der Waals surface area (Å²) in [5, 5.41) is 14.3. The highest BCUT2D eigenvalue weighted by Gasteiger charge is 2.28. The molecule has 0 radical (unpaired) electrons. The molecule has 0 bridgehead atoms. The average molecular weight is 365 g/mol. The predicted molar refractivity (Wildman–Crippen MR) is 105 cm³/mol. The standard InChI is InChI=1S/C21H23N3O3/c25-21(22-18-9-8-15-4-3-5-17(15)14-18)16-10-12-23(13-11-16)19-6-1-2-7-20(19)24(26)27/h1-2,6-9,14,16H,3-5,10-13H2,(H,22,25). The molecule has 1 aliphatic carbocycles. The van der Waals surface area contributed by atoms with Crippen molar-refractivity contribution in [3.8, 4) is 0 Å². The SMILES string of the molecule is O=C(Nc1ccc2c(c1)CCC2)C1CCN(c2ccccc2[N+](=O)[O-])CC1. The number of nitro groups is 1. The van der Waals surface area contributed by atoms with Gasteiger partial charge in [-0.2, -0.15) is 0 Å². The average Bonchev–Trinajstić information content (AvgIpc) is 3.16. The summed E-state index contributed by atoms with van der Waals surface area (Å²) in [6, 6.07) is 13.0. The van der Waals surface area contributed by atoms with Crippen LogP contribution in [0.4, 0.5) is 17.1 Å². The lowest BCUT2D eigenvalue weighted by atomic mass is 9.95. The number of anilines is 2. The van der Waals surface area contributed by atoms with Gasteiger partial charge in [0, 0.05) is 30.8 Å². The first kappa shape index (κ1) is 17.5. The van der Waals surface area contributed by atoms with E-state index < -0.39 is 0 Å². The molecule has 6 heteroatoms. The molecule has 1 N–H and O–H groups in total. The lowest BCUT2D eigenvalue weighted by molar-refractivity contribution is -0.384. The number of nitro benzene ring substituents is 1. The fraction of sp³-hybridized carbons (Fsp3) is 0.381. The van der Waals surface area contributed by atoms with Crippen LogP contribution in [0, 0.1) is 16.0 Å². The molecular formula is C21H23N3O3. The summed E-state index contributed by atoms with van der Waals surface area (Å²) < 4.78 is 0. The fourth-order valence-electron chi connectivity index (χ4n) is 4.16. The van der Waals surface area contributed by atoms with Crippen LogP contribution in [0.1, 0.15) is 30.4 Å². The minimum absolute atomic E-state index is 0.0511. The molecule has 2 aromatic carbocycles. The first-order chi connectivity index (χ1) is 13.1. The molecule has 1 amide bonds. The third-order valence-corrected chi connectivity index (χ3v) is 5.65. The third kappa shape index (κ3) is 3.65. The van der Waals surface area contributed by atoms with Crippen molar-refractivity contribution in [1.29, 1.82) is 0 Å². The van der Waals surface area contributed by atoms with Gasteiger partial charge in [-0.25, -0.2) is 0 Å². The van der Waals surface area contributed by atoms with Crippen LogP contribution in [0.15, 0.2) is 42.5 Å². The Balaban J connectivity index is 1.38. The highest BCUT2D eigenvalue weighted by molar-refractivity contribution is 5.93. The molecule has 2 aromatic rings. The Morgan fingerprint density at radius 3 is 2.59 bits per heavy atom. The minimum Gasteiger partial charge on any atom is -0.366 e. The van der Waals surface area contributed by atoms with Gasteiger partial charge in [-0.15, -0.1) is 0 Å². The molecule has 2 aliphatic rings. The third-order valence-electron chi connectivity index (χ3n) is 5.65. The molecule has 0 spiro atoms. The molecule has 27 heavy (non-hydrogen) atoms. The highest BCUT2D eigenvalue weighted by Crippen LogP contribution is 2.32. The number of fused-ring (bicyclic) bond motifs is 1. The number of para-hydroxylation sites is 2. The zero-order valence-corrected chi connectivity index (χ0v) is 15.2. The topological polar surface area (TPSA) is 75.5 Å². The van der Waals surface area contributed by atoms with E-state index >= 15 is 0 Å². The van der Waals surface area contributed by atoms with E-state index in [1.807, 2.05) is 17.0 Å². The van der Waals surface area contributed by atoms with Crippen LogP contribution in [-0.4, -0.2) is 23.9 Å². The first-order valence-corrected chi connectivity index (χ1v) is 9.53. The number of amides is 1. The van der Waals surface area contributed by atoms with E-state index in [1.54, 1.807) is 12.1 Å². The summed E-state index contributed by atoms with van der Waals surface area (Å²) in [6.07, 6.45) is 4.81. The van der Waals surface area contributed by atoms with Gasteiger partial charge in [0.15, 0.2) is 0 Å². The lowest BCUT2D eigenvalue weighted by Gasteiger charge is -2.32. The van der Waals surface area contributed by atoms with Crippen LogP contribution in [0.2, 0.25) is 0 Å². The van der Waals surface area contributed by atoms with Crippen LogP contribution in [0.25, 0.3) is 0 Å². The zero-order chi connectivity index (χ0) is 18.8. The summed E-state index contributed by atoms with van der Waals surface area (Å²) in [4.78, 5) is 25.5. The number of nitrogens with zero attached hydrogens (tertiary/aromatic N) is 2. The van der Waals surface area contributed by atoms with Crippen molar-refractivity contribution < 1.29 is 9.72 Å². The number of carbonyl (C=O) groups is 1. The van der Waals surface area contributed by atoms with Crippen molar-refractivity contribution in [2.75, 3.05) is 23.3 Å². The molecule has 1 aliphatic heterocycles. The monoisotopic (exact) mass is 365 g/mol. The Morgan fingerprint density at radius 2 is 1.81 bits per heavy atom. The van der Waals surface area contributed by atoms with E-state index in [0.29, 0.717) is 31.6 Å². The van der Waals surface area contributed by atoms with E-state index in [2.05, 4.69) is 17.4 Å². The van der Waals surface area contributed by atoms with Crippen LogP contribution in [-0.2, 0) is 17.6 Å². The smallest absolute Gasteiger partial charge is 0.292 e. The Kier molecular flexibility index (Phi) is 4.79. The molecule has 6 nitrogen and oxygen atoms in total. The molecule has 140 valence electrons. The predicted octanol–water partition coefficient (Wildman–Crippen LogP) is 3.94. The number of carbonyl (C=O) groups excluding carboxylic acids is 1. The Hall–Kier alpha value is -2.89. The maximum atomic E-state index is 12.6. The molecule has 0 unspecified atom stereocenters. The number of hydrogen-bond donors (Lipinski definition) is 1. The maximum Gasteiger partial charge on any atom is 0.292 e. The quantitative estimate of drug-likeness (QED) is 0.658. The minimum atomic E-state index is -0.345. The van der Waals surface area contributed by atoms with E-state index in [1.165, 1.54) is 23.6 Å². The number of nitrogens with one attached hydrogen (secondary N) is 1. The Labute approximate surface area is 158 Å². The second-order valence-electron chi connectivity index (χ2n) is 7.33. The molecule has 4 rings (SSSR count). The van der Waals surface area contributed by atoms with Gasteiger partial charge >= 0.3 is 0 Å². The van der Waals surface area contributed by atoms with E-state index in [4.69, 9.17) is 0 Å². The van der Waals surface area contributed by atoms with Gasteiger partial charge < -0.3 is 10.2 Å². The van der Waals surface area contributed by atoms with E-state index in [0.717, 1.165) is 18.5 Å². The van der Waals surface area contributed by atoms with Gasteiger partial charge in [0.05, 0.1) is 4.92 Å². The number of hydrogen-bond acceptors (Lipinski definition) is 4. The fourth-order valence-corrected chi connectivity index (χ4v) is 4.16. The zero-order valence-electron chi connectivity index (χ0n) is 15.2. The number of benzene rings is 2. The molecular weight excluding hydrogens is 342 g/mol. The van der Waals surface area contributed by atoms with E-state index in [9.17, 15) is 14.9 Å². The molecule has 1 heterocycles. The second kappa shape index (κ2) is 7.39. The molecule has 1 fully saturated rings.